The number of nitrogens with one attached hydrogen (secondary N) is 16. The highest BCUT2D eigenvalue weighted by atomic mass is 16.4. The molecule has 4 aromatic rings. The molecular weight excluding hydrogens is 1610 g/mol. The fourth-order valence-electron chi connectivity index (χ4n) is 12.3. The van der Waals surface area contributed by atoms with Crippen LogP contribution in [0.3, 0.4) is 0 Å². The number of para-hydroxylation sites is 1. The number of aliphatic hydroxyl groups excluding tert-OH is 2. The van der Waals surface area contributed by atoms with Crippen LogP contribution in [0.25, 0.3) is 10.9 Å². The fourth-order valence-corrected chi connectivity index (χ4v) is 12.3. The van der Waals surface area contributed by atoms with E-state index in [4.69, 9.17) is 5.73 Å². The number of aromatic nitrogens is 1. The average Bonchev–Trinajstić information content (AvgIpc) is 1.74. The molecule has 0 unspecified atom stereocenters. The van der Waals surface area contributed by atoms with Crippen LogP contribution < -0.4 is 85.5 Å². The lowest BCUT2D eigenvalue weighted by Gasteiger charge is -2.28. The topological polar surface area (TPSA) is 685 Å². The lowest BCUT2D eigenvalue weighted by Crippen LogP contribution is -2.61. The van der Waals surface area contributed by atoms with E-state index in [2.05, 4.69) is 84.7 Å². The highest BCUT2D eigenvalue weighted by molar-refractivity contribution is 6.02. The minimum atomic E-state index is -2.02. The van der Waals surface area contributed by atoms with Crippen molar-refractivity contribution in [1.82, 2.24) is 84.7 Å². The van der Waals surface area contributed by atoms with Gasteiger partial charge in [-0.3, -0.25) is 95.9 Å². The number of carboxylic acid groups (broad SMARTS) is 4. The predicted molar refractivity (Wildman–Crippen MR) is 435 cm³/mol. The Labute approximate surface area is 706 Å². The highest BCUT2D eigenvalue weighted by Crippen LogP contribution is 2.21. The molecule has 4 rings (SSSR count). The number of aliphatic hydroxyl groups is 2. The number of aliphatic carboxylic acids is 4. The summed E-state index contributed by atoms with van der Waals surface area (Å²) < 4.78 is 0. The van der Waals surface area contributed by atoms with E-state index in [0.717, 1.165) is 27.7 Å². The first kappa shape index (κ1) is 102. The van der Waals surface area contributed by atoms with E-state index in [9.17, 15) is 122 Å². The summed E-state index contributed by atoms with van der Waals surface area (Å²) in [5, 5.41) is 95.3. The standard InChI is InChI=1S/C80H111N17O26/c1-38(2)29-53(73(116)83-42(7)70(113)96-60(37-98)66(81)109)90-67(110)40(5)84-74(117)55(31-46-19-13-11-14-20-46)93-77(120)57(33-48-36-82-50-24-18-17-23-49(48)50)95-72(115)52(26-28-62(103)104)88-71(114)51(25-27-61(101)102)89-76(119)54(30-39(3)4)91-68(111)41(6)85-75(118)59(35-64(107)108)92-69(112)43(8)86-80(123)65(44(9)99)97-79(122)56(32-47-21-15-12-16-22-47)94-78(121)58(34-63(105)106)87-45(10)100/h11-24,36,38-44,51-60,65,82,98-99H,25-35,37H2,1-10H3,(H2,81,109)(H,83,116)(H,84,117)(H,85,118)(H,86,123)(H,87,100)(H,88,114)(H,89,119)(H,90,110)(H,91,111)(H,92,112)(H,93,120)(H,94,121)(H,95,115)(H,96,113)(H,97,122)(H,101,102)(H,103,104)(H,105,106)(H,107,108)/t40-,41-,42-,43-,44+,51-,52-,53-,54-,55-,56-,57-,58-,59-,60-,65-/m0/s1. The van der Waals surface area contributed by atoms with Crippen molar-refractivity contribution in [2.75, 3.05) is 6.61 Å². The van der Waals surface area contributed by atoms with Crippen molar-refractivity contribution in [3.05, 3.63) is 108 Å². The monoisotopic (exact) mass is 1730 g/mol. The lowest BCUT2D eigenvalue weighted by molar-refractivity contribution is -0.141. The van der Waals surface area contributed by atoms with E-state index in [0.29, 0.717) is 27.6 Å². The second-order valence-corrected chi connectivity index (χ2v) is 30.3. The number of aromatic amines is 1. The molecule has 0 spiro atoms. The van der Waals surface area contributed by atoms with E-state index in [1.54, 1.807) is 113 Å². The van der Waals surface area contributed by atoms with E-state index in [-0.39, 0.29) is 38.0 Å². The van der Waals surface area contributed by atoms with Crippen LogP contribution in [-0.4, -0.2) is 257 Å². The maximum atomic E-state index is 15.0. The Kier molecular flexibility index (Phi) is 41.3. The molecule has 1 heterocycles. The molecule has 3 aromatic carbocycles. The molecule has 16 atom stereocenters. The third-order valence-electron chi connectivity index (χ3n) is 18.8. The van der Waals surface area contributed by atoms with Gasteiger partial charge in [-0.2, -0.15) is 0 Å². The normalized spacial score (nSPS) is 15.0. The van der Waals surface area contributed by atoms with Gasteiger partial charge in [-0.05, 0) is 94.9 Å². The van der Waals surface area contributed by atoms with Gasteiger partial charge in [0, 0.05) is 56.1 Å². The second kappa shape index (κ2) is 49.9. The van der Waals surface area contributed by atoms with E-state index in [1.165, 1.54) is 20.0 Å². The van der Waals surface area contributed by atoms with Crippen LogP contribution in [0.5, 0.6) is 0 Å². The Morgan fingerprint density at radius 1 is 0.341 bits per heavy atom. The number of hydrogen-bond acceptors (Lipinski definition) is 22. The lowest BCUT2D eigenvalue weighted by atomic mass is 10.0. The summed E-state index contributed by atoms with van der Waals surface area (Å²) in [5.74, 6) is -24.2. The number of benzene rings is 3. The summed E-state index contributed by atoms with van der Waals surface area (Å²) in [4.78, 5) is 271. The minimum Gasteiger partial charge on any atom is -0.481 e. The summed E-state index contributed by atoms with van der Waals surface area (Å²) >= 11 is 0. The molecule has 16 amide bonds. The molecule has 0 saturated carbocycles. The van der Waals surface area contributed by atoms with Crippen LogP contribution in [-0.2, 0) is 115 Å². The molecule has 1 aromatic heterocycles. The van der Waals surface area contributed by atoms with Crippen molar-refractivity contribution in [3.63, 3.8) is 0 Å². The maximum absolute atomic E-state index is 15.0. The van der Waals surface area contributed by atoms with Gasteiger partial charge in [0.25, 0.3) is 0 Å². The highest BCUT2D eigenvalue weighted by Gasteiger charge is 2.39. The molecule has 0 aliphatic rings. The van der Waals surface area contributed by atoms with Gasteiger partial charge in [0.05, 0.1) is 25.6 Å². The molecule has 0 aliphatic carbocycles. The number of rotatable bonds is 52. The van der Waals surface area contributed by atoms with Crippen LogP contribution >= 0.6 is 0 Å². The predicted octanol–water partition coefficient (Wildman–Crippen LogP) is -4.80. The molecule has 123 heavy (non-hydrogen) atoms. The Morgan fingerprint density at radius 3 is 1.03 bits per heavy atom. The smallest absolute Gasteiger partial charge is 0.305 e. The largest absolute Gasteiger partial charge is 0.481 e. The number of hydrogen-bond donors (Lipinski definition) is 23. The Morgan fingerprint density at radius 2 is 0.650 bits per heavy atom. The number of nitrogens with two attached hydrogens (primary N) is 1. The van der Waals surface area contributed by atoms with Crippen LogP contribution in [0.15, 0.2) is 91.1 Å². The van der Waals surface area contributed by atoms with Crippen molar-refractivity contribution in [2.45, 2.75) is 237 Å². The molecule has 0 radical (unpaired) electrons. The molecule has 0 saturated heterocycles. The quantitative estimate of drug-likeness (QED) is 0.0197. The second-order valence-electron chi connectivity index (χ2n) is 30.3. The summed E-state index contributed by atoms with van der Waals surface area (Å²) in [6.45, 7) is 12.6. The summed E-state index contributed by atoms with van der Waals surface area (Å²) in [5.41, 5.74) is 7.14. The first-order chi connectivity index (χ1) is 57.8. The van der Waals surface area contributed by atoms with E-state index < -0.39 is 266 Å². The van der Waals surface area contributed by atoms with E-state index >= 15 is 4.79 Å². The Hall–Kier alpha value is -13.5. The van der Waals surface area contributed by atoms with Crippen molar-refractivity contribution in [3.8, 4) is 0 Å². The van der Waals surface area contributed by atoms with Gasteiger partial charge < -0.3 is 121 Å². The van der Waals surface area contributed by atoms with Crippen LogP contribution in [0.2, 0.25) is 0 Å². The van der Waals surface area contributed by atoms with Gasteiger partial charge in [0.1, 0.15) is 90.6 Å². The van der Waals surface area contributed by atoms with Gasteiger partial charge in [-0.1, -0.05) is 107 Å². The number of carboxylic acids is 4. The van der Waals surface area contributed by atoms with E-state index in [1.807, 2.05) is 0 Å². The number of fused-ring (bicyclic) bond motifs is 1. The number of primary amides is 1. The third-order valence-corrected chi connectivity index (χ3v) is 18.8. The minimum absolute atomic E-state index is 0.0114. The number of carbonyl (C=O) groups excluding carboxylic acids is 16. The van der Waals surface area contributed by atoms with Crippen molar-refractivity contribution >= 4 is 129 Å². The van der Waals surface area contributed by atoms with Crippen molar-refractivity contribution in [1.29, 1.82) is 0 Å². The molecule has 43 heteroatoms. The molecule has 24 N–H and O–H groups in total. The van der Waals surface area contributed by atoms with Crippen LogP contribution in [0.1, 0.15) is 137 Å². The number of amides is 16. The first-order valence-electron chi connectivity index (χ1n) is 39.4. The molecule has 0 aliphatic heterocycles. The van der Waals surface area contributed by atoms with Gasteiger partial charge in [-0.25, -0.2) is 0 Å². The van der Waals surface area contributed by atoms with Gasteiger partial charge in [0.2, 0.25) is 94.5 Å². The summed E-state index contributed by atoms with van der Waals surface area (Å²) in [6.07, 6.45) is -6.50. The summed E-state index contributed by atoms with van der Waals surface area (Å²) in [6, 6.07) is -1.94. The van der Waals surface area contributed by atoms with Gasteiger partial charge >= 0.3 is 23.9 Å². The average molecular weight is 1730 g/mol. The summed E-state index contributed by atoms with van der Waals surface area (Å²) in [7, 11) is 0. The third kappa shape index (κ3) is 35.4. The molecule has 43 nitrogen and oxygen atoms in total. The van der Waals surface area contributed by atoms with Crippen molar-refractivity contribution < 1.29 is 127 Å². The van der Waals surface area contributed by atoms with Crippen LogP contribution in [0.4, 0.5) is 0 Å². The fraction of sp³-hybridized carbons (Fsp3) is 0.500. The zero-order valence-electron chi connectivity index (χ0n) is 69.5. The Bertz CT molecular complexity index is 4410. The Balaban J connectivity index is 1.58. The SMILES string of the molecule is CC(=O)N[C@@H](CC(=O)O)C(=O)N[C@@H](Cc1ccccc1)C(=O)N[C@H](C(=O)N[C@@H](C)C(=O)N[C@@H](CC(=O)O)C(=O)N[C@@H](C)C(=O)N[C@@H](CC(C)C)C(=O)N[C@@H](CCC(=O)O)C(=O)N[C@@H](CCC(=O)O)C(=O)N[C@@H](Cc1c[nH]c2ccccc12)C(=O)N[C@@H](Cc1ccccc1)C(=O)N[C@@H](C)C(=O)N[C@@H](CC(C)C)C(=O)N[C@@H](C)C(=O)N[C@@H](CO)C(N)=O)[C@@H](C)O. The first-order valence-corrected chi connectivity index (χ1v) is 39.4. The zero-order chi connectivity index (χ0) is 92.2. The van der Waals surface area contributed by atoms with Crippen LogP contribution in [0, 0.1) is 11.8 Å². The zero-order valence-corrected chi connectivity index (χ0v) is 69.5. The molecule has 0 bridgehead atoms. The number of carbonyl (C=O) groups is 20. The van der Waals surface area contributed by atoms with Gasteiger partial charge in [0.15, 0.2) is 0 Å². The molecule has 672 valence electrons. The molecular formula is C80H111N17O26. The maximum Gasteiger partial charge on any atom is 0.305 e. The molecule has 0 fully saturated rings. The van der Waals surface area contributed by atoms with Gasteiger partial charge in [-0.15, -0.1) is 0 Å². The van der Waals surface area contributed by atoms with Crippen molar-refractivity contribution in [2.24, 2.45) is 17.6 Å². The number of H-pyrrole nitrogens is 1.